The third-order valence-electron chi connectivity index (χ3n) is 3.89. The first kappa shape index (κ1) is 19.9. The highest BCUT2D eigenvalue weighted by atomic mass is 35.5. The highest BCUT2D eigenvalue weighted by Gasteiger charge is 2.37. The monoisotopic (exact) mass is 427 g/mol. The van der Waals surface area contributed by atoms with E-state index in [1.54, 1.807) is 0 Å². The van der Waals surface area contributed by atoms with E-state index in [4.69, 9.17) is 23.2 Å². The summed E-state index contributed by atoms with van der Waals surface area (Å²) < 4.78 is 31.3. The second kappa shape index (κ2) is 7.65. The number of esters is 1. The Hall–Kier alpha value is -2.84. The summed E-state index contributed by atoms with van der Waals surface area (Å²) in [5.41, 5.74) is -0.631. The van der Waals surface area contributed by atoms with Crippen LogP contribution < -0.4 is 0 Å². The maximum absolute atomic E-state index is 13.5. The van der Waals surface area contributed by atoms with Gasteiger partial charge in [-0.25, -0.2) is 8.78 Å². The van der Waals surface area contributed by atoms with Crippen molar-refractivity contribution in [3.63, 3.8) is 0 Å². The molecule has 0 fully saturated rings. The molecule has 1 aliphatic rings. The molecule has 1 aliphatic heterocycles. The molecule has 2 aromatic rings. The Kier molecular flexibility index (Phi) is 5.44. The minimum atomic E-state index is -1.09. The maximum Gasteiger partial charge on any atom is 0.326 e. The number of fused-ring (bicyclic) bond motifs is 1. The number of imide groups is 1. The minimum absolute atomic E-state index is 0.0230. The molecule has 0 radical (unpaired) electrons. The van der Waals surface area contributed by atoms with Crippen molar-refractivity contribution in [2.75, 3.05) is 13.2 Å². The molecule has 0 aromatic heterocycles. The zero-order chi connectivity index (χ0) is 20.6. The van der Waals surface area contributed by atoms with Crippen molar-refractivity contribution in [1.82, 2.24) is 4.90 Å². The molecule has 28 heavy (non-hydrogen) atoms. The van der Waals surface area contributed by atoms with Gasteiger partial charge in [0.15, 0.2) is 6.61 Å². The number of rotatable bonds is 5. The number of amides is 2. The summed E-state index contributed by atoms with van der Waals surface area (Å²) in [6, 6.07) is 4.68. The van der Waals surface area contributed by atoms with Crippen LogP contribution in [0.1, 0.15) is 31.1 Å². The van der Waals surface area contributed by atoms with E-state index in [1.807, 2.05) is 0 Å². The van der Waals surface area contributed by atoms with E-state index < -0.39 is 53.9 Å². The van der Waals surface area contributed by atoms with Crippen LogP contribution in [0.5, 0.6) is 0 Å². The van der Waals surface area contributed by atoms with E-state index >= 15 is 0 Å². The Morgan fingerprint density at radius 1 is 0.964 bits per heavy atom. The Labute approximate surface area is 166 Å². The second-order valence-corrected chi connectivity index (χ2v) is 6.53. The zero-order valence-corrected chi connectivity index (χ0v) is 15.3. The molecular weight excluding hydrogens is 419 g/mol. The number of ketones is 1. The van der Waals surface area contributed by atoms with Gasteiger partial charge in [0, 0.05) is 0 Å². The quantitative estimate of drug-likeness (QED) is 0.415. The van der Waals surface area contributed by atoms with Crippen molar-refractivity contribution in [2.45, 2.75) is 0 Å². The molecule has 144 valence electrons. The van der Waals surface area contributed by atoms with Gasteiger partial charge in [-0.15, -0.1) is 0 Å². The van der Waals surface area contributed by atoms with Gasteiger partial charge in [-0.05, 0) is 30.3 Å². The lowest BCUT2D eigenvalue weighted by atomic mass is 10.1. The van der Waals surface area contributed by atoms with Gasteiger partial charge in [0.1, 0.15) is 18.2 Å². The van der Waals surface area contributed by atoms with Crippen LogP contribution in [0.4, 0.5) is 8.78 Å². The van der Waals surface area contributed by atoms with Gasteiger partial charge in [0.25, 0.3) is 11.8 Å². The molecule has 0 N–H and O–H groups in total. The lowest BCUT2D eigenvalue weighted by Crippen LogP contribution is -2.36. The average molecular weight is 428 g/mol. The Bertz CT molecular complexity index is 1000. The predicted molar refractivity (Wildman–Crippen MR) is 93.5 cm³/mol. The van der Waals surface area contributed by atoms with Crippen molar-refractivity contribution >= 4 is 46.8 Å². The van der Waals surface area contributed by atoms with Crippen LogP contribution in [0, 0.1) is 11.6 Å². The van der Waals surface area contributed by atoms with Gasteiger partial charge in [-0.3, -0.25) is 24.1 Å². The lowest BCUT2D eigenvalue weighted by molar-refractivity contribution is -0.142. The third-order valence-corrected chi connectivity index (χ3v) is 4.61. The molecule has 0 spiro atoms. The molecule has 0 saturated carbocycles. The fourth-order valence-corrected chi connectivity index (χ4v) is 2.86. The van der Waals surface area contributed by atoms with E-state index in [-0.39, 0.29) is 21.2 Å². The van der Waals surface area contributed by atoms with E-state index in [9.17, 15) is 28.0 Å². The number of hydrogen-bond donors (Lipinski definition) is 0. The summed E-state index contributed by atoms with van der Waals surface area (Å²) >= 11 is 11.7. The highest BCUT2D eigenvalue weighted by Crippen LogP contribution is 2.31. The van der Waals surface area contributed by atoms with Crippen molar-refractivity contribution in [2.24, 2.45) is 0 Å². The summed E-state index contributed by atoms with van der Waals surface area (Å²) in [5, 5.41) is 0.127. The van der Waals surface area contributed by atoms with E-state index in [2.05, 4.69) is 4.74 Å². The second-order valence-electron chi connectivity index (χ2n) is 5.72. The topological polar surface area (TPSA) is 80.8 Å². The summed E-state index contributed by atoms with van der Waals surface area (Å²) in [7, 11) is 0. The molecule has 6 nitrogen and oxygen atoms in total. The number of ether oxygens (including phenoxy) is 1. The molecule has 0 saturated heterocycles. The SMILES string of the molecule is O=C(CN1C(=O)c2cc(Cl)c(Cl)cc2C1=O)OCC(=O)c1cc(F)ccc1F. The van der Waals surface area contributed by atoms with Crippen LogP contribution >= 0.6 is 23.2 Å². The Balaban J connectivity index is 1.65. The zero-order valence-electron chi connectivity index (χ0n) is 13.8. The molecule has 3 rings (SSSR count). The van der Waals surface area contributed by atoms with Crippen LogP contribution in [0.25, 0.3) is 0 Å². The van der Waals surface area contributed by atoms with Crippen LogP contribution in [-0.4, -0.2) is 41.6 Å². The van der Waals surface area contributed by atoms with Crippen molar-refractivity contribution in [3.05, 3.63) is 68.7 Å². The number of Topliss-reactive ketones (excluding diaryl/α,β-unsaturated/α-hetero) is 1. The van der Waals surface area contributed by atoms with Gasteiger partial charge in [-0.2, -0.15) is 0 Å². The first-order chi connectivity index (χ1) is 13.2. The number of nitrogens with zero attached hydrogens (tertiary/aromatic N) is 1. The number of benzene rings is 2. The van der Waals surface area contributed by atoms with Gasteiger partial charge < -0.3 is 4.74 Å². The molecule has 2 aromatic carbocycles. The first-order valence-corrected chi connectivity index (χ1v) is 8.43. The number of hydrogen-bond acceptors (Lipinski definition) is 5. The molecular formula is C18H9Cl2F2NO5. The Morgan fingerprint density at radius 3 is 2.11 bits per heavy atom. The average Bonchev–Trinajstić information content (AvgIpc) is 2.86. The van der Waals surface area contributed by atoms with Crippen molar-refractivity contribution < 1.29 is 32.7 Å². The third kappa shape index (κ3) is 3.74. The largest absolute Gasteiger partial charge is 0.456 e. The number of carbonyl (C=O) groups is 4. The van der Waals surface area contributed by atoms with Gasteiger partial charge in [0.05, 0.1) is 26.7 Å². The molecule has 0 bridgehead atoms. The smallest absolute Gasteiger partial charge is 0.326 e. The summed E-state index contributed by atoms with van der Waals surface area (Å²) in [6.07, 6.45) is 0. The van der Waals surface area contributed by atoms with Crippen molar-refractivity contribution in [3.8, 4) is 0 Å². The van der Waals surface area contributed by atoms with Crippen LogP contribution in [0.3, 0.4) is 0 Å². The molecule has 0 atom stereocenters. The van der Waals surface area contributed by atoms with Gasteiger partial charge in [0.2, 0.25) is 5.78 Å². The first-order valence-electron chi connectivity index (χ1n) is 7.68. The standard InChI is InChI=1S/C18H9Cl2F2NO5/c19-12-4-9-10(5-13(12)20)18(27)23(17(9)26)6-16(25)28-7-15(24)11-3-8(21)1-2-14(11)22/h1-5H,6-7H2. The molecule has 0 unspecified atom stereocenters. The minimum Gasteiger partial charge on any atom is -0.456 e. The maximum atomic E-state index is 13.5. The molecule has 1 heterocycles. The van der Waals surface area contributed by atoms with E-state index in [0.29, 0.717) is 11.0 Å². The molecule has 2 amide bonds. The lowest BCUT2D eigenvalue weighted by Gasteiger charge is -2.12. The predicted octanol–water partition coefficient (Wildman–Crippen LogP) is 3.29. The molecule has 10 heteroatoms. The summed E-state index contributed by atoms with van der Waals surface area (Å²) in [6.45, 7) is -1.67. The van der Waals surface area contributed by atoms with Crippen molar-refractivity contribution in [1.29, 1.82) is 0 Å². The van der Waals surface area contributed by atoms with E-state index in [1.165, 1.54) is 12.1 Å². The molecule has 0 aliphatic carbocycles. The number of halogens is 4. The number of carbonyl (C=O) groups excluding carboxylic acids is 4. The van der Waals surface area contributed by atoms with Gasteiger partial charge in [-0.1, -0.05) is 23.2 Å². The fourth-order valence-electron chi connectivity index (χ4n) is 2.54. The van der Waals surface area contributed by atoms with Gasteiger partial charge >= 0.3 is 5.97 Å². The van der Waals surface area contributed by atoms with Crippen LogP contribution in [0.15, 0.2) is 30.3 Å². The normalized spacial score (nSPS) is 12.9. The highest BCUT2D eigenvalue weighted by molar-refractivity contribution is 6.43. The summed E-state index contributed by atoms with van der Waals surface area (Å²) in [5.74, 6) is -5.44. The van der Waals surface area contributed by atoms with Crippen LogP contribution in [0.2, 0.25) is 10.0 Å². The summed E-state index contributed by atoms with van der Waals surface area (Å²) in [4.78, 5) is 49.0. The fraction of sp³-hybridized carbons (Fsp3) is 0.111. The van der Waals surface area contributed by atoms with E-state index in [0.717, 1.165) is 12.1 Å². The Morgan fingerprint density at radius 2 is 1.54 bits per heavy atom. The van der Waals surface area contributed by atoms with Crippen LogP contribution in [-0.2, 0) is 9.53 Å².